The van der Waals surface area contributed by atoms with Gasteiger partial charge in [0.2, 0.25) is 0 Å². The van der Waals surface area contributed by atoms with Gasteiger partial charge in [0.15, 0.2) is 0 Å². The molecular formula is C46H108I2N8P2. The maximum absolute atomic E-state index is 3.05. The molecule has 0 spiro atoms. The first-order valence-corrected chi connectivity index (χ1v) is 35.0. The van der Waals surface area contributed by atoms with Gasteiger partial charge in [-0.1, -0.05) is 0 Å². The Hall–Kier alpha value is 2.00. The zero-order chi connectivity index (χ0) is 44.7. The SMILES string of the molecule is CCCN(CC)P(I)(N(CCC)CCC)(N(CCC)CCC)N(CCC)CCC.CCCN(CC)P(I)(N(CCC)CCC)(N(CCC)CCC)N(CCC)CCC. The summed E-state index contributed by atoms with van der Waals surface area (Å²) in [6, 6.07) is 0. The minimum atomic E-state index is -2.68. The second-order valence-corrected chi connectivity index (χ2v) is 34.7. The van der Waals surface area contributed by atoms with E-state index in [-0.39, 0.29) is 0 Å². The van der Waals surface area contributed by atoms with Crippen LogP contribution in [0.5, 0.6) is 0 Å². The molecular weight excluding hydrogens is 980 g/mol. The zero-order valence-electron chi connectivity index (χ0n) is 42.4. The van der Waals surface area contributed by atoms with E-state index in [1.54, 1.807) is 0 Å². The Morgan fingerprint density at radius 3 is 0.397 bits per heavy atom. The van der Waals surface area contributed by atoms with Gasteiger partial charge in [0.1, 0.15) is 0 Å². The molecule has 0 N–H and O–H groups in total. The van der Waals surface area contributed by atoms with Crippen molar-refractivity contribution in [1.29, 1.82) is 0 Å². The molecule has 0 saturated carbocycles. The molecule has 0 amide bonds. The van der Waals surface area contributed by atoms with E-state index in [9.17, 15) is 0 Å². The third kappa shape index (κ3) is 15.0. The molecule has 12 heteroatoms. The summed E-state index contributed by atoms with van der Waals surface area (Å²) < 4.78 is 23.7. The van der Waals surface area contributed by atoms with E-state index < -0.39 is 9.70 Å². The van der Waals surface area contributed by atoms with Gasteiger partial charge >= 0.3 is 397 Å². The number of hydrogen-bond donors (Lipinski definition) is 0. The van der Waals surface area contributed by atoms with Crippen molar-refractivity contribution in [2.45, 2.75) is 201 Å². The number of halogens is 2. The zero-order valence-corrected chi connectivity index (χ0v) is 48.5. The molecule has 0 unspecified atom stereocenters. The van der Waals surface area contributed by atoms with E-state index in [4.69, 9.17) is 0 Å². The molecule has 0 atom stereocenters. The molecule has 0 aromatic heterocycles. The van der Waals surface area contributed by atoms with Crippen LogP contribution >= 0.6 is 53.8 Å². The molecule has 8 nitrogen and oxygen atoms in total. The van der Waals surface area contributed by atoms with Crippen molar-refractivity contribution in [3.05, 3.63) is 0 Å². The van der Waals surface area contributed by atoms with Gasteiger partial charge in [0.05, 0.1) is 0 Å². The van der Waals surface area contributed by atoms with Gasteiger partial charge in [-0.2, -0.15) is 0 Å². The van der Waals surface area contributed by atoms with Crippen LogP contribution in [-0.4, -0.2) is 142 Å². The monoisotopic (exact) mass is 1090 g/mol. The Morgan fingerprint density at radius 2 is 0.310 bits per heavy atom. The first-order valence-electron chi connectivity index (χ1n) is 25.3. The van der Waals surface area contributed by atoms with Crippen molar-refractivity contribution in [2.24, 2.45) is 0 Å². The van der Waals surface area contributed by atoms with Crippen molar-refractivity contribution >= 4 is 53.8 Å². The van der Waals surface area contributed by atoms with E-state index in [1.165, 1.54) is 182 Å². The van der Waals surface area contributed by atoms with Gasteiger partial charge in [-0.05, 0) is 0 Å². The van der Waals surface area contributed by atoms with Gasteiger partial charge in [-0.25, -0.2) is 0 Å². The van der Waals surface area contributed by atoms with Crippen LogP contribution in [0.2, 0.25) is 0 Å². The summed E-state index contributed by atoms with van der Waals surface area (Å²) in [4.78, 5) is -5.36. The standard InChI is InChI=1S/2C23H54IN4P/c2*1-9-17-25(16-8)29(24,26(18-10-2)19-11-3,27(20-12-4)21-13-5)28(22-14-6)23-15-7/h2*9-23H2,1-8H3. The van der Waals surface area contributed by atoms with E-state index in [0.717, 1.165) is 13.1 Å². The molecule has 0 bridgehead atoms. The Balaban J connectivity index is 0. The average Bonchev–Trinajstić information content (AvgIpc) is 3.21. The first kappa shape index (κ1) is 62.1. The molecule has 0 aliphatic heterocycles. The van der Waals surface area contributed by atoms with E-state index in [1.807, 2.05) is 0 Å². The van der Waals surface area contributed by atoms with Crippen LogP contribution < -0.4 is 0 Å². The fourth-order valence-corrected chi connectivity index (χ4v) is 33.4. The number of nitrogens with zero attached hydrogens (tertiary/aromatic N) is 8. The topological polar surface area (TPSA) is 25.9 Å². The summed E-state index contributed by atoms with van der Waals surface area (Å²) in [5, 5.41) is 0. The van der Waals surface area contributed by atoms with Crippen molar-refractivity contribution in [2.75, 3.05) is 105 Å². The van der Waals surface area contributed by atoms with Gasteiger partial charge in [0, 0.05) is 0 Å². The normalized spacial score (nSPS) is 14.3. The Labute approximate surface area is 393 Å². The molecule has 0 saturated heterocycles. The third-order valence-electron chi connectivity index (χ3n) is 11.4. The van der Waals surface area contributed by atoms with Crippen molar-refractivity contribution in [3.8, 4) is 0 Å². The van der Waals surface area contributed by atoms with Crippen molar-refractivity contribution in [1.82, 2.24) is 37.4 Å². The van der Waals surface area contributed by atoms with E-state index in [2.05, 4.69) is 192 Å². The van der Waals surface area contributed by atoms with Crippen LogP contribution in [0.3, 0.4) is 0 Å². The Morgan fingerprint density at radius 1 is 0.207 bits per heavy atom. The van der Waals surface area contributed by atoms with Crippen LogP contribution in [0.1, 0.15) is 201 Å². The number of hydrogen-bond acceptors (Lipinski definition) is 8. The predicted molar refractivity (Wildman–Crippen MR) is 290 cm³/mol. The molecule has 0 aliphatic rings. The van der Waals surface area contributed by atoms with Crippen LogP contribution in [-0.2, 0) is 0 Å². The molecule has 0 aromatic carbocycles. The van der Waals surface area contributed by atoms with Gasteiger partial charge in [0.25, 0.3) is 0 Å². The van der Waals surface area contributed by atoms with Crippen molar-refractivity contribution in [3.63, 3.8) is 0 Å². The second-order valence-electron chi connectivity index (χ2n) is 16.5. The predicted octanol–water partition coefficient (Wildman–Crippen LogP) is 15.3. The van der Waals surface area contributed by atoms with Crippen molar-refractivity contribution < 1.29 is 0 Å². The molecule has 0 radical (unpaired) electrons. The fourth-order valence-electron chi connectivity index (χ4n) is 9.64. The summed E-state index contributed by atoms with van der Waals surface area (Å²) in [6.07, 6.45) is 17.1. The van der Waals surface area contributed by atoms with Gasteiger partial charge in [-0.15, -0.1) is 0 Å². The summed E-state index contributed by atoms with van der Waals surface area (Å²) in [7, 11) is 0. The maximum atomic E-state index is 3.05. The molecule has 0 fully saturated rings. The van der Waals surface area contributed by atoms with Crippen LogP contribution in [0.25, 0.3) is 0 Å². The molecule has 58 heavy (non-hydrogen) atoms. The summed E-state index contributed by atoms with van der Waals surface area (Å²) in [5.74, 6) is 0. The number of rotatable bonds is 38. The van der Waals surface area contributed by atoms with Crippen LogP contribution in [0.4, 0.5) is 0 Å². The Bertz CT molecular complexity index is 772. The summed E-state index contributed by atoms with van der Waals surface area (Å²) in [6.45, 7) is 56.9. The summed E-state index contributed by atoms with van der Waals surface area (Å²) in [5.41, 5.74) is 0. The summed E-state index contributed by atoms with van der Waals surface area (Å²) >= 11 is 6.11. The van der Waals surface area contributed by atoms with Gasteiger partial charge < -0.3 is 0 Å². The molecule has 0 rings (SSSR count). The van der Waals surface area contributed by atoms with Crippen LogP contribution in [0, 0.1) is 0 Å². The minimum absolute atomic E-state index is 1.13. The molecule has 0 aromatic rings. The van der Waals surface area contributed by atoms with Crippen LogP contribution in [0.15, 0.2) is 0 Å². The average molecular weight is 1090 g/mol. The molecule has 0 aliphatic carbocycles. The second kappa shape index (κ2) is 34.4. The fraction of sp³-hybridized carbons (Fsp3) is 1.00. The quantitative estimate of drug-likeness (QED) is 0.0446. The van der Waals surface area contributed by atoms with Gasteiger partial charge in [-0.3, -0.25) is 0 Å². The molecule has 0 heterocycles. The molecule has 356 valence electrons. The van der Waals surface area contributed by atoms with E-state index >= 15 is 0 Å². The first-order chi connectivity index (χ1) is 27.8. The van der Waals surface area contributed by atoms with E-state index in [0.29, 0.717) is 0 Å². The third-order valence-corrected chi connectivity index (χ3v) is 37.2. The Kier molecular flexibility index (Phi) is 36.8.